The quantitative estimate of drug-likeness (QED) is 0.214. The standard InChI is InChI=1S/C21H36N4O3.HI/c1-5-22-21(23-15-17(2)25-10-13-27-16-18(25)3)24-19-8-6-9-20(14-19)28-12-7-11-26-4;/h6,8-9,14,17-18H,5,7,10-13,15-16H2,1-4H3,(H2,22,23,24);1H. The monoisotopic (exact) mass is 520 g/mol. The number of ether oxygens (including phenoxy) is 3. The Kier molecular flexibility index (Phi) is 13.2. The smallest absolute Gasteiger partial charge is 0.195 e. The zero-order valence-corrected chi connectivity index (χ0v) is 20.5. The van der Waals surface area contributed by atoms with Crippen molar-refractivity contribution in [1.82, 2.24) is 10.2 Å². The summed E-state index contributed by atoms with van der Waals surface area (Å²) < 4.78 is 16.4. The summed E-state index contributed by atoms with van der Waals surface area (Å²) in [5.41, 5.74) is 0.955. The van der Waals surface area contributed by atoms with Gasteiger partial charge >= 0.3 is 0 Å². The SMILES string of the molecule is CCNC(=NCC(C)N1CCOCC1C)Nc1cccc(OCCCOC)c1.I. The van der Waals surface area contributed by atoms with Crippen molar-refractivity contribution in [3.05, 3.63) is 24.3 Å². The van der Waals surface area contributed by atoms with Gasteiger partial charge in [-0.15, -0.1) is 24.0 Å². The first-order valence-electron chi connectivity index (χ1n) is 10.2. The van der Waals surface area contributed by atoms with E-state index in [1.165, 1.54) is 0 Å². The Labute approximate surface area is 192 Å². The second-order valence-electron chi connectivity index (χ2n) is 7.08. The molecule has 0 aliphatic carbocycles. The topological polar surface area (TPSA) is 67.4 Å². The van der Waals surface area contributed by atoms with Crippen LogP contribution in [0, 0.1) is 0 Å². The molecule has 1 fully saturated rings. The first kappa shape index (κ1) is 25.9. The maximum atomic E-state index is 5.78. The molecule has 1 aromatic rings. The van der Waals surface area contributed by atoms with Crippen molar-refractivity contribution < 1.29 is 14.2 Å². The molecule has 166 valence electrons. The molecule has 1 aliphatic rings. The highest BCUT2D eigenvalue weighted by atomic mass is 127. The molecule has 2 rings (SSSR count). The minimum atomic E-state index is 0. The third-order valence-corrected chi connectivity index (χ3v) is 4.70. The largest absolute Gasteiger partial charge is 0.493 e. The second-order valence-corrected chi connectivity index (χ2v) is 7.08. The van der Waals surface area contributed by atoms with Gasteiger partial charge in [-0.1, -0.05) is 6.07 Å². The normalized spacial score (nSPS) is 18.6. The van der Waals surface area contributed by atoms with Crippen molar-refractivity contribution in [3.8, 4) is 5.75 Å². The van der Waals surface area contributed by atoms with Gasteiger partial charge in [0.1, 0.15) is 5.75 Å². The molecule has 2 unspecified atom stereocenters. The van der Waals surface area contributed by atoms with Gasteiger partial charge in [0.05, 0.1) is 26.4 Å². The summed E-state index contributed by atoms with van der Waals surface area (Å²) in [6.45, 7) is 11.9. The van der Waals surface area contributed by atoms with Gasteiger partial charge in [-0.25, -0.2) is 0 Å². The first-order valence-corrected chi connectivity index (χ1v) is 10.2. The lowest BCUT2D eigenvalue weighted by atomic mass is 10.2. The van der Waals surface area contributed by atoms with Crippen molar-refractivity contribution in [1.29, 1.82) is 0 Å². The number of aliphatic imine (C=N–C) groups is 1. The van der Waals surface area contributed by atoms with Crippen molar-refractivity contribution in [3.63, 3.8) is 0 Å². The predicted molar refractivity (Wildman–Crippen MR) is 130 cm³/mol. The third kappa shape index (κ3) is 9.50. The van der Waals surface area contributed by atoms with Crippen molar-refractivity contribution in [2.75, 3.05) is 58.5 Å². The van der Waals surface area contributed by atoms with Crippen molar-refractivity contribution >= 4 is 35.6 Å². The molecule has 1 heterocycles. The minimum absolute atomic E-state index is 0. The average molecular weight is 520 g/mol. The Bertz CT molecular complexity index is 603. The molecular weight excluding hydrogens is 483 g/mol. The average Bonchev–Trinajstić information content (AvgIpc) is 2.70. The number of benzene rings is 1. The second kappa shape index (κ2) is 14.8. The number of methoxy groups -OCH3 is 1. The van der Waals surface area contributed by atoms with E-state index in [1.54, 1.807) is 7.11 Å². The molecule has 7 nitrogen and oxygen atoms in total. The van der Waals surface area contributed by atoms with Crippen molar-refractivity contribution in [2.24, 2.45) is 4.99 Å². The van der Waals surface area contributed by atoms with Crippen molar-refractivity contribution in [2.45, 2.75) is 39.3 Å². The Morgan fingerprint density at radius 3 is 2.93 bits per heavy atom. The summed E-state index contributed by atoms with van der Waals surface area (Å²) in [5.74, 6) is 1.62. The summed E-state index contributed by atoms with van der Waals surface area (Å²) in [6.07, 6.45) is 0.871. The molecular formula is C21H37IN4O3. The van der Waals surface area contributed by atoms with E-state index in [9.17, 15) is 0 Å². The molecule has 0 spiro atoms. The predicted octanol–water partition coefficient (Wildman–Crippen LogP) is 3.21. The van der Waals surface area contributed by atoms with Gasteiger partial charge in [-0.2, -0.15) is 0 Å². The minimum Gasteiger partial charge on any atom is -0.493 e. The van der Waals surface area contributed by atoms with Crippen LogP contribution in [0.25, 0.3) is 0 Å². The van der Waals surface area contributed by atoms with Crippen LogP contribution in [0.15, 0.2) is 29.3 Å². The maximum Gasteiger partial charge on any atom is 0.195 e. The van der Waals surface area contributed by atoms with E-state index in [0.717, 1.165) is 56.7 Å². The van der Waals surface area contributed by atoms with Crippen LogP contribution in [-0.4, -0.2) is 76.1 Å². The first-order chi connectivity index (χ1) is 13.6. The van der Waals surface area contributed by atoms with Gasteiger partial charge in [0.15, 0.2) is 5.96 Å². The molecule has 2 N–H and O–H groups in total. The lowest BCUT2D eigenvalue weighted by molar-refractivity contribution is -0.0165. The maximum absolute atomic E-state index is 5.78. The lowest BCUT2D eigenvalue weighted by Crippen LogP contribution is -2.49. The molecule has 0 bridgehead atoms. The van der Waals surface area contributed by atoms with Crippen LogP contribution >= 0.6 is 24.0 Å². The van der Waals surface area contributed by atoms with E-state index in [2.05, 4.69) is 36.3 Å². The number of hydrogen-bond donors (Lipinski definition) is 2. The van der Waals surface area contributed by atoms with Crippen LogP contribution < -0.4 is 15.4 Å². The molecule has 0 aromatic heterocycles. The highest BCUT2D eigenvalue weighted by molar-refractivity contribution is 14.0. The highest BCUT2D eigenvalue weighted by Gasteiger charge is 2.23. The van der Waals surface area contributed by atoms with Crippen LogP contribution in [0.2, 0.25) is 0 Å². The van der Waals surface area contributed by atoms with Gasteiger partial charge < -0.3 is 24.8 Å². The molecule has 8 heteroatoms. The van der Waals surface area contributed by atoms with E-state index in [4.69, 9.17) is 19.2 Å². The van der Waals surface area contributed by atoms with Crippen LogP contribution in [0.5, 0.6) is 5.75 Å². The number of anilines is 1. The van der Waals surface area contributed by atoms with E-state index in [1.807, 2.05) is 24.3 Å². The van der Waals surface area contributed by atoms with Gasteiger partial charge in [-0.3, -0.25) is 9.89 Å². The third-order valence-electron chi connectivity index (χ3n) is 4.70. The summed E-state index contributed by atoms with van der Waals surface area (Å²) in [7, 11) is 1.70. The van der Waals surface area contributed by atoms with Crippen LogP contribution in [0.3, 0.4) is 0 Å². The van der Waals surface area contributed by atoms with Gasteiger partial charge in [-0.05, 0) is 32.9 Å². The Hall–Kier alpha value is -1.10. The van der Waals surface area contributed by atoms with Gasteiger partial charge in [0.25, 0.3) is 0 Å². The number of nitrogens with one attached hydrogen (secondary N) is 2. The van der Waals surface area contributed by atoms with Gasteiger partial charge in [0.2, 0.25) is 0 Å². The summed E-state index contributed by atoms with van der Waals surface area (Å²) in [5, 5.41) is 6.70. The number of hydrogen-bond acceptors (Lipinski definition) is 5. The van der Waals surface area contributed by atoms with Gasteiger partial charge in [0, 0.05) is 57.1 Å². The highest BCUT2D eigenvalue weighted by Crippen LogP contribution is 2.17. The summed E-state index contributed by atoms with van der Waals surface area (Å²) >= 11 is 0. The van der Waals surface area contributed by atoms with Crippen LogP contribution in [0.4, 0.5) is 5.69 Å². The Balaban J connectivity index is 0.00000420. The molecule has 1 aliphatic heterocycles. The van der Waals surface area contributed by atoms with Crippen LogP contribution in [-0.2, 0) is 9.47 Å². The summed E-state index contributed by atoms with van der Waals surface area (Å²) in [4.78, 5) is 7.25. The number of rotatable bonds is 10. The number of morpholine rings is 1. The fourth-order valence-electron chi connectivity index (χ4n) is 3.22. The lowest BCUT2D eigenvalue weighted by Gasteiger charge is -2.37. The molecule has 0 saturated carbocycles. The van der Waals surface area contributed by atoms with E-state index in [0.29, 0.717) is 25.3 Å². The molecule has 2 atom stereocenters. The number of halogens is 1. The van der Waals surface area contributed by atoms with E-state index in [-0.39, 0.29) is 24.0 Å². The molecule has 29 heavy (non-hydrogen) atoms. The zero-order chi connectivity index (χ0) is 20.2. The van der Waals surface area contributed by atoms with E-state index < -0.39 is 0 Å². The molecule has 1 aromatic carbocycles. The van der Waals surface area contributed by atoms with Crippen LogP contribution in [0.1, 0.15) is 27.2 Å². The fraction of sp³-hybridized carbons (Fsp3) is 0.667. The molecule has 1 saturated heterocycles. The molecule has 0 amide bonds. The Morgan fingerprint density at radius 1 is 1.38 bits per heavy atom. The fourth-order valence-corrected chi connectivity index (χ4v) is 3.22. The van der Waals surface area contributed by atoms with E-state index >= 15 is 0 Å². The molecule has 0 radical (unpaired) electrons. The Morgan fingerprint density at radius 2 is 2.21 bits per heavy atom. The zero-order valence-electron chi connectivity index (χ0n) is 18.1. The number of nitrogens with zero attached hydrogens (tertiary/aromatic N) is 2. The number of guanidine groups is 1. The summed E-state index contributed by atoms with van der Waals surface area (Å²) in [6, 6.07) is 8.75.